The topological polar surface area (TPSA) is 80.1 Å². The molecule has 1 aliphatic heterocycles. The number of carbonyl (C=O) groups excluding carboxylic acids is 1. The number of aromatic amines is 1. The maximum absolute atomic E-state index is 12.4. The van der Waals surface area contributed by atoms with Crippen LogP contribution in [-0.4, -0.2) is 30.1 Å². The monoisotopic (exact) mass is 287 g/mol. The number of hydrogen-bond donors (Lipinski definition) is 3. The third-order valence-electron chi connectivity index (χ3n) is 4.22. The summed E-state index contributed by atoms with van der Waals surface area (Å²) in [4.78, 5) is 15.5. The Morgan fingerprint density at radius 2 is 2.38 bits per heavy atom. The van der Waals surface area contributed by atoms with Gasteiger partial charge < -0.3 is 20.8 Å². The number of H-pyrrole nitrogens is 1. The van der Waals surface area contributed by atoms with Crippen molar-refractivity contribution in [3.63, 3.8) is 0 Å². The molecule has 4 N–H and O–H groups in total. The predicted molar refractivity (Wildman–Crippen MR) is 83.2 cm³/mol. The summed E-state index contributed by atoms with van der Waals surface area (Å²) in [6, 6.07) is 5.54. The number of anilines is 1. The summed E-state index contributed by atoms with van der Waals surface area (Å²) < 4.78 is 5.65. The van der Waals surface area contributed by atoms with Crippen LogP contribution in [0.2, 0.25) is 0 Å². The molecule has 0 saturated carbocycles. The fourth-order valence-corrected chi connectivity index (χ4v) is 3.02. The van der Waals surface area contributed by atoms with E-state index in [1.54, 1.807) is 6.20 Å². The van der Waals surface area contributed by atoms with Gasteiger partial charge in [-0.25, -0.2) is 0 Å². The van der Waals surface area contributed by atoms with Gasteiger partial charge in [0.05, 0.1) is 11.7 Å². The van der Waals surface area contributed by atoms with Crippen LogP contribution in [0.1, 0.15) is 30.1 Å². The molecular weight excluding hydrogens is 266 g/mol. The average molecular weight is 287 g/mol. The van der Waals surface area contributed by atoms with Crippen molar-refractivity contribution in [1.82, 2.24) is 10.3 Å². The van der Waals surface area contributed by atoms with Crippen molar-refractivity contribution in [2.24, 2.45) is 5.92 Å². The van der Waals surface area contributed by atoms with E-state index in [1.807, 2.05) is 18.2 Å². The summed E-state index contributed by atoms with van der Waals surface area (Å²) in [7, 11) is 0. The Labute approximate surface area is 123 Å². The van der Waals surface area contributed by atoms with Gasteiger partial charge in [0.2, 0.25) is 0 Å². The number of aromatic nitrogens is 1. The van der Waals surface area contributed by atoms with E-state index in [-0.39, 0.29) is 12.0 Å². The van der Waals surface area contributed by atoms with Gasteiger partial charge >= 0.3 is 0 Å². The Hall–Kier alpha value is -2.01. The average Bonchev–Trinajstić information content (AvgIpc) is 3.10. The van der Waals surface area contributed by atoms with E-state index in [4.69, 9.17) is 10.5 Å². The van der Waals surface area contributed by atoms with E-state index in [0.29, 0.717) is 23.7 Å². The molecule has 2 heterocycles. The Morgan fingerprint density at radius 1 is 1.52 bits per heavy atom. The zero-order chi connectivity index (χ0) is 14.8. The minimum absolute atomic E-state index is 0.0615. The number of rotatable bonds is 4. The van der Waals surface area contributed by atoms with E-state index in [1.165, 1.54) is 0 Å². The summed E-state index contributed by atoms with van der Waals surface area (Å²) in [5, 5.41) is 3.89. The smallest absolute Gasteiger partial charge is 0.253 e. The maximum Gasteiger partial charge on any atom is 0.253 e. The van der Waals surface area contributed by atoms with E-state index in [9.17, 15) is 4.79 Å². The Morgan fingerprint density at radius 3 is 3.19 bits per heavy atom. The molecule has 2 atom stereocenters. The van der Waals surface area contributed by atoms with Crippen molar-refractivity contribution in [2.45, 2.75) is 25.9 Å². The molecule has 1 amide bonds. The van der Waals surface area contributed by atoms with Crippen LogP contribution in [0.4, 0.5) is 5.69 Å². The number of carbonyl (C=O) groups is 1. The Balaban J connectivity index is 1.71. The van der Waals surface area contributed by atoms with Crippen LogP contribution in [0.15, 0.2) is 24.4 Å². The first kappa shape index (κ1) is 13.9. The van der Waals surface area contributed by atoms with Crippen molar-refractivity contribution >= 4 is 22.5 Å². The third-order valence-corrected chi connectivity index (χ3v) is 4.22. The molecule has 5 nitrogen and oxygen atoms in total. The lowest BCUT2D eigenvalue weighted by molar-refractivity contribution is 0.0827. The van der Waals surface area contributed by atoms with Gasteiger partial charge in [0.25, 0.3) is 5.91 Å². The Bertz CT molecular complexity index is 650. The van der Waals surface area contributed by atoms with Gasteiger partial charge in [0.15, 0.2) is 0 Å². The highest BCUT2D eigenvalue weighted by Crippen LogP contribution is 2.24. The summed E-state index contributed by atoms with van der Waals surface area (Å²) in [6.07, 6.45) is 4.01. The van der Waals surface area contributed by atoms with E-state index < -0.39 is 0 Å². The second-order valence-corrected chi connectivity index (χ2v) is 5.58. The highest BCUT2D eigenvalue weighted by atomic mass is 16.5. The molecule has 2 unspecified atom stereocenters. The minimum atomic E-state index is -0.0615. The lowest BCUT2D eigenvalue weighted by atomic mass is 9.99. The fourth-order valence-electron chi connectivity index (χ4n) is 3.02. The first-order valence-electron chi connectivity index (χ1n) is 7.45. The van der Waals surface area contributed by atoms with Crippen LogP contribution in [0.5, 0.6) is 0 Å². The number of nitrogen functional groups attached to an aromatic ring is 1. The molecule has 1 saturated heterocycles. The first-order chi connectivity index (χ1) is 10.2. The quantitative estimate of drug-likeness (QED) is 0.755. The number of hydrogen-bond acceptors (Lipinski definition) is 3. The van der Waals surface area contributed by atoms with Crippen LogP contribution >= 0.6 is 0 Å². The molecule has 3 rings (SSSR count). The van der Waals surface area contributed by atoms with Crippen LogP contribution < -0.4 is 11.1 Å². The van der Waals surface area contributed by atoms with Gasteiger partial charge in [-0.3, -0.25) is 4.79 Å². The zero-order valence-electron chi connectivity index (χ0n) is 12.2. The van der Waals surface area contributed by atoms with Crippen molar-refractivity contribution < 1.29 is 9.53 Å². The Kier molecular flexibility index (Phi) is 3.84. The van der Waals surface area contributed by atoms with Gasteiger partial charge in [-0.2, -0.15) is 0 Å². The van der Waals surface area contributed by atoms with E-state index in [0.717, 1.165) is 30.4 Å². The van der Waals surface area contributed by atoms with Gasteiger partial charge in [-0.1, -0.05) is 6.92 Å². The van der Waals surface area contributed by atoms with Crippen LogP contribution in [-0.2, 0) is 4.74 Å². The summed E-state index contributed by atoms with van der Waals surface area (Å²) in [6.45, 7) is 3.57. The normalized spacial score (nSPS) is 21.8. The second-order valence-electron chi connectivity index (χ2n) is 5.58. The highest BCUT2D eigenvalue weighted by Gasteiger charge is 2.27. The molecule has 5 heteroatoms. The third kappa shape index (κ3) is 2.74. The number of ether oxygens (including phenoxy) is 1. The number of nitrogens with one attached hydrogen (secondary N) is 2. The van der Waals surface area contributed by atoms with Crippen molar-refractivity contribution in [3.05, 3.63) is 30.0 Å². The fraction of sp³-hybridized carbons (Fsp3) is 0.438. The second kappa shape index (κ2) is 5.77. The number of nitrogens with two attached hydrogens (primary N) is 1. The van der Waals surface area contributed by atoms with E-state index in [2.05, 4.69) is 17.2 Å². The van der Waals surface area contributed by atoms with Crippen LogP contribution in [0.25, 0.3) is 10.9 Å². The van der Waals surface area contributed by atoms with E-state index >= 15 is 0 Å². The minimum Gasteiger partial charge on any atom is -0.399 e. The molecule has 0 spiro atoms. The molecule has 0 radical (unpaired) electrons. The predicted octanol–water partition coefficient (Wildman–Crippen LogP) is 2.29. The number of fused-ring (bicyclic) bond motifs is 1. The van der Waals surface area contributed by atoms with Gasteiger partial charge in [0, 0.05) is 41.9 Å². The first-order valence-corrected chi connectivity index (χ1v) is 7.45. The van der Waals surface area contributed by atoms with Crippen molar-refractivity contribution in [3.8, 4) is 0 Å². The lowest BCUT2D eigenvalue weighted by Crippen LogP contribution is -2.32. The maximum atomic E-state index is 12.4. The molecule has 112 valence electrons. The molecule has 1 aromatic heterocycles. The summed E-state index contributed by atoms with van der Waals surface area (Å²) in [5.74, 6) is 0.350. The van der Waals surface area contributed by atoms with Gasteiger partial charge in [0.1, 0.15) is 0 Å². The molecule has 1 aliphatic rings. The SMILES string of the molecule is CCC1OCCC1CNC(=O)c1c[nH]c2ccc(N)cc12. The molecule has 1 aromatic carbocycles. The molecule has 0 bridgehead atoms. The molecular formula is C16H21N3O2. The van der Waals surface area contributed by atoms with Gasteiger partial charge in [-0.15, -0.1) is 0 Å². The van der Waals surface area contributed by atoms with Crippen molar-refractivity contribution in [1.29, 1.82) is 0 Å². The van der Waals surface area contributed by atoms with Crippen molar-refractivity contribution in [2.75, 3.05) is 18.9 Å². The van der Waals surface area contributed by atoms with Gasteiger partial charge in [-0.05, 0) is 31.0 Å². The highest BCUT2D eigenvalue weighted by molar-refractivity contribution is 6.07. The number of amides is 1. The summed E-state index contributed by atoms with van der Waals surface area (Å²) >= 11 is 0. The largest absolute Gasteiger partial charge is 0.399 e. The molecule has 2 aromatic rings. The zero-order valence-corrected chi connectivity index (χ0v) is 12.2. The standard InChI is InChI=1S/C16H21N3O2/c1-2-15-10(5-6-21-15)8-19-16(20)13-9-18-14-4-3-11(17)7-12(13)14/h3-4,7,9-10,15,18H,2,5-6,8,17H2,1H3,(H,19,20). The molecule has 21 heavy (non-hydrogen) atoms. The summed E-state index contributed by atoms with van der Waals surface area (Å²) in [5.41, 5.74) is 8.02. The van der Waals surface area contributed by atoms with Crippen LogP contribution in [0, 0.1) is 5.92 Å². The molecule has 1 fully saturated rings. The number of benzene rings is 1. The lowest BCUT2D eigenvalue weighted by Gasteiger charge is -2.17. The molecule has 0 aliphatic carbocycles. The van der Waals surface area contributed by atoms with Crippen LogP contribution in [0.3, 0.4) is 0 Å².